The van der Waals surface area contributed by atoms with Crippen LogP contribution in [0.15, 0.2) is 48.7 Å². The van der Waals surface area contributed by atoms with Crippen LogP contribution in [0.1, 0.15) is 37.7 Å². The number of likely N-dealkylation sites (tertiary alicyclic amines) is 2. The van der Waals surface area contributed by atoms with Crippen LogP contribution in [0, 0.1) is 24.0 Å². The Labute approximate surface area is 305 Å². The zero-order valence-electron chi connectivity index (χ0n) is 29.6. The molecule has 2 aromatic heterocycles. The van der Waals surface area contributed by atoms with Gasteiger partial charge >= 0.3 is 6.01 Å². The molecule has 4 fully saturated rings. The highest BCUT2D eigenvalue weighted by atomic mass is 19.1. The second-order valence-corrected chi connectivity index (χ2v) is 14.7. The highest BCUT2D eigenvalue weighted by Crippen LogP contribution is 2.41. The molecule has 4 aliphatic rings. The Bertz CT molecular complexity index is 2140. The molecule has 8 rings (SSSR count). The number of hydrogen-bond donors (Lipinski definition) is 0. The minimum atomic E-state index is -0.951. The molecule has 4 atom stereocenters. The number of carbonyl (C=O) groups excluding carboxylic acids is 1. The molecule has 6 heterocycles. The van der Waals surface area contributed by atoms with Gasteiger partial charge in [-0.15, -0.1) is 6.42 Å². The summed E-state index contributed by atoms with van der Waals surface area (Å²) in [6.45, 7) is 3.77. The number of pyridine rings is 1. The SMILES string of the molecule is C#Cc1c(F)ccc2cccc(-c3ncc4c(N(C)[C@@H]5CCN(C(=O)/C=C/CN6CC[C@H](F)C6)C5)nc(OC[C@@]56CCCN5C[C@H](F)C6)nc4c3F)c12. The van der Waals surface area contributed by atoms with Crippen molar-refractivity contribution in [2.75, 3.05) is 64.4 Å². The number of hydrogen-bond acceptors (Lipinski definition) is 8. The molecular weight excluding hydrogens is 686 g/mol. The Morgan fingerprint density at radius 2 is 1.96 bits per heavy atom. The fourth-order valence-electron chi connectivity index (χ4n) is 8.67. The van der Waals surface area contributed by atoms with E-state index in [9.17, 15) is 18.0 Å². The summed E-state index contributed by atoms with van der Waals surface area (Å²) in [5.74, 6) is 1.31. The molecule has 53 heavy (non-hydrogen) atoms. The first-order valence-corrected chi connectivity index (χ1v) is 18.2. The number of rotatable bonds is 9. The molecule has 276 valence electrons. The molecule has 9 nitrogen and oxygen atoms in total. The molecule has 4 aliphatic heterocycles. The number of benzene rings is 2. The third-order valence-electron chi connectivity index (χ3n) is 11.5. The van der Waals surface area contributed by atoms with Crippen LogP contribution in [0.2, 0.25) is 0 Å². The molecular formula is C40H41F4N7O2. The molecule has 0 bridgehead atoms. The van der Waals surface area contributed by atoms with E-state index in [1.165, 1.54) is 12.3 Å². The molecule has 0 spiro atoms. The Morgan fingerprint density at radius 1 is 1.09 bits per heavy atom. The lowest BCUT2D eigenvalue weighted by molar-refractivity contribution is -0.125. The highest BCUT2D eigenvalue weighted by molar-refractivity contribution is 6.02. The summed E-state index contributed by atoms with van der Waals surface area (Å²) < 4.78 is 66.2. The van der Waals surface area contributed by atoms with Crippen molar-refractivity contribution in [2.45, 2.75) is 56.0 Å². The minimum Gasteiger partial charge on any atom is -0.461 e. The van der Waals surface area contributed by atoms with Crippen LogP contribution in [-0.4, -0.2) is 119 Å². The number of carbonyl (C=O) groups is 1. The summed E-state index contributed by atoms with van der Waals surface area (Å²) in [5, 5.41) is 1.33. The van der Waals surface area contributed by atoms with Crippen molar-refractivity contribution < 1.29 is 27.1 Å². The normalized spacial score (nSPS) is 24.8. The Balaban J connectivity index is 1.13. The van der Waals surface area contributed by atoms with Crippen molar-refractivity contribution >= 4 is 33.4 Å². The van der Waals surface area contributed by atoms with E-state index < -0.39 is 29.5 Å². The van der Waals surface area contributed by atoms with E-state index in [1.807, 2.05) is 16.8 Å². The van der Waals surface area contributed by atoms with Crippen LogP contribution in [0.3, 0.4) is 0 Å². The molecule has 0 saturated carbocycles. The number of fused-ring (bicyclic) bond motifs is 3. The van der Waals surface area contributed by atoms with Crippen LogP contribution in [-0.2, 0) is 4.79 Å². The molecule has 1 amide bonds. The zero-order chi connectivity index (χ0) is 36.9. The smallest absolute Gasteiger partial charge is 0.319 e. The van der Waals surface area contributed by atoms with E-state index in [2.05, 4.69) is 20.8 Å². The number of anilines is 1. The maximum atomic E-state index is 16.9. The number of alkyl halides is 2. The molecule has 4 saturated heterocycles. The van der Waals surface area contributed by atoms with Gasteiger partial charge in [0.2, 0.25) is 5.91 Å². The van der Waals surface area contributed by atoms with Gasteiger partial charge in [0.25, 0.3) is 0 Å². The quantitative estimate of drug-likeness (QED) is 0.124. The zero-order valence-corrected chi connectivity index (χ0v) is 29.6. The second-order valence-electron chi connectivity index (χ2n) is 14.7. The lowest BCUT2D eigenvalue weighted by Gasteiger charge is -2.31. The van der Waals surface area contributed by atoms with E-state index >= 15 is 4.39 Å². The molecule has 13 heteroatoms. The van der Waals surface area contributed by atoms with Crippen LogP contribution in [0.4, 0.5) is 23.4 Å². The average Bonchev–Trinajstić information content (AvgIpc) is 3.95. The topological polar surface area (TPSA) is 77.9 Å². The van der Waals surface area contributed by atoms with Crippen LogP contribution in [0.25, 0.3) is 32.9 Å². The third kappa shape index (κ3) is 6.56. The summed E-state index contributed by atoms with van der Waals surface area (Å²) in [6, 6.07) is 7.80. The minimum absolute atomic E-state index is 0.00857. The van der Waals surface area contributed by atoms with Crippen molar-refractivity contribution in [3.63, 3.8) is 0 Å². The molecule has 0 unspecified atom stereocenters. The largest absolute Gasteiger partial charge is 0.461 e. The first-order valence-electron chi connectivity index (χ1n) is 18.2. The Morgan fingerprint density at radius 3 is 2.77 bits per heavy atom. The van der Waals surface area contributed by atoms with Crippen LogP contribution < -0.4 is 9.64 Å². The van der Waals surface area contributed by atoms with Crippen LogP contribution >= 0.6 is 0 Å². The number of ether oxygens (including phenoxy) is 1. The molecule has 2 aromatic carbocycles. The van der Waals surface area contributed by atoms with Gasteiger partial charge in [-0.05, 0) is 43.7 Å². The summed E-state index contributed by atoms with van der Waals surface area (Å²) in [6.07, 6.45) is 12.0. The lowest BCUT2D eigenvalue weighted by Crippen LogP contribution is -2.43. The number of aromatic nitrogens is 3. The predicted molar refractivity (Wildman–Crippen MR) is 195 cm³/mol. The second kappa shape index (κ2) is 14.2. The van der Waals surface area contributed by atoms with Gasteiger partial charge in [0.15, 0.2) is 5.82 Å². The predicted octanol–water partition coefficient (Wildman–Crippen LogP) is 5.70. The third-order valence-corrected chi connectivity index (χ3v) is 11.5. The van der Waals surface area contributed by atoms with Gasteiger partial charge in [0, 0.05) is 82.0 Å². The fraction of sp³-hybridized carbons (Fsp3) is 0.450. The van der Waals surface area contributed by atoms with Gasteiger partial charge in [0.1, 0.15) is 41.8 Å². The van der Waals surface area contributed by atoms with Crippen LogP contribution in [0.5, 0.6) is 6.01 Å². The Hall–Kier alpha value is -4.80. The van der Waals surface area contributed by atoms with Crippen molar-refractivity contribution in [1.82, 2.24) is 29.7 Å². The molecule has 0 N–H and O–H groups in total. The maximum Gasteiger partial charge on any atom is 0.319 e. The first-order chi connectivity index (χ1) is 25.6. The van der Waals surface area contributed by atoms with Crippen molar-refractivity contribution in [3.8, 4) is 29.6 Å². The Kier molecular flexibility index (Phi) is 9.45. The lowest BCUT2D eigenvalue weighted by atomic mass is 9.95. The van der Waals surface area contributed by atoms with Crippen molar-refractivity contribution in [3.05, 3.63) is 65.9 Å². The van der Waals surface area contributed by atoms with Gasteiger partial charge in [-0.2, -0.15) is 9.97 Å². The number of nitrogens with zero attached hydrogens (tertiary/aromatic N) is 7. The maximum absolute atomic E-state index is 16.9. The van der Waals surface area contributed by atoms with E-state index in [1.54, 1.807) is 41.3 Å². The van der Waals surface area contributed by atoms with E-state index in [0.29, 0.717) is 86.1 Å². The van der Waals surface area contributed by atoms with Gasteiger partial charge < -0.3 is 14.5 Å². The number of amides is 1. The van der Waals surface area contributed by atoms with E-state index in [4.69, 9.17) is 16.1 Å². The summed E-state index contributed by atoms with van der Waals surface area (Å²) in [5.41, 5.74) is -0.251. The van der Waals surface area contributed by atoms with Gasteiger partial charge in [-0.1, -0.05) is 36.3 Å². The monoisotopic (exact) mass is 727 g/mol. The number of likely N-dealkylation sites (N-methyl/N-ethyl adjacent to an activating group) is 1. The van der Waals surface area contributed by atoms with E-state index in [-0.39, 0.29) is 41.3 Å². The average molecular weight is 728 g/mol. The van der Waals surface area contributed by atoms with Gasteiger partial charge in [-0.25, -0.2) is 17.6 Å². The standard InChI is InChI=1S/C40H41F4N7O2/c1-3-29-32(43)11-10-25-7-4-8-30(34(25)29)36-35(44)37-31(20-45-36)38(47-39(46-37)53-24-40-14-6-16-51(40)22-27(42)19-40)48(2)28-13-18-50(23-28)33(52)9-5-15-49-17-12-26(41)21-49/h1,4-5,7-11,20,26-28H,6,12-19,21-24H2,2H3/b9-5+/t26-,27+,28+,40-/m0/s1. The molecule has 0 radical (unpaired) electrons. The number of halogens is 4. The fourth-order valence-corrected chi connectivity index (χ4v) is 8.67. The molecule has 4 aromatic rings. The number of terminal acetylenes is 1. The van der Waals surface area contributed by atoms with E-state index in [0.717, 1.165) is 19.4 Å². The first kappa shape index (κ1) is 35.2. The van der Waals surface area contributed by atoms with Crippen molar-refractivity contribution in [1.29, 1.82) is 0 Å². The summed E-state index contributed by atoms with van der Waals surface area (Å²) >= 11 is 0. The summed E-state index contributed by atoms with van der Waals surface area (Å²) in [7, 11) is 1.83. The highest BCUT2D eigenvalue weighted by Gasteiger charge is 2.49. The van der Waals surface area contributed by atoms with Crippen molar-refractivity contribution in [2.24, 2.45) is 0 Å². The summed E-state index contributed by atoms with van der Waals surface area (Å²) in [4.78, 5) is 34.8. The molecule has 0 aliphatic carbocycles. The van der Waals surface area contributed by atoms with Gasteiger partial charge in [-0.3, -0.25) is 19.6 Å². The van der Waals surface area contributed by atoms with Gasteiger partial charge in [0.05, 0.1) is 16.5 Å².